The molecule has 0 aromatic heterocycles. The van der Waals surface area contributed by atoms with Crippen LogP contribution in [0.2, 0.25) is 0 Å². The van der Waals surface area contributed by atoms with Gasteiger partial charge in [-0.1, -0.05) is 6.07 Å². The molecule has 1 saturated heterocycles. The Morgan fingerprint density at radius 3 is 2.75 bits per heavy atom. The third-order valence-corrected chi connectivity index (χ3v) is 3.70. The maximum absolute atomic E-state index is 13.4. The molecule has 110 valence electrons. The van der Waals surface area contributed by atoms with Crippen LogP contribution in [0, 0.1) is 17.6 Å². The highest BCUT2D eigenvalue weighted by molar-refractivity contribution is 5.78. The summed E-state index contributed by atoms with van der Waals surface area (Å²) in [6.45, 7) is 2.70. The van der Waals surface area contributed by atoms with Gasteiger partial charge in [-0.15, -0.1) is 0 Å². The first-order valence-corrected chi connectivity index (χ1v) is 7.06. The summed E-state index contributed by atoms with van der Waals surface area (Å²) in [5.41, 5.74) is 0.228. The molecule has 1 aromatic carbocycles. The molecule has 5 heteroatoms. The van der Waals surface area contributed by atoms with Crippen LogP contribution in [0.1, 0.15) is 24.8 Å². The number of carbonyl (C=O) groups excluding carboxylic acids is 1. The lowest BCUT2D eigenvalue weighted by Gasteiger charge is -2.22. The van der Waals surface area contributed by atoms with Crippen molar-refractivity contribution in [1.29, 1.82) is 0 Å². The van der Waals surface area contributed by atoms with Crippen LogP contribution < -0.4 is 10.6 Å². The molecule has 3 nitrogen and oxygen atoms in total. The third-order valence-electron chi connectivity index (χ3n) is 3.70. The average Bonchev–Trinajstić information content (AvgIpc) is 2.43. The van der Waals surface area contributed by atoms with E-state index in [1.165, 1.54) is 12.1 Å². The topological polar surface area (TPSA) is 41.1 Å². The summed E-state index contributed by atoms with van der Waals surface area (Å²) in [6, 6.07) is 3.29. The summed E-state index contributed by atoms with van der Waals surface area (Å²) in [7, 11) is 0. The lowest BCUT2D eigenvalue weighted by Crippen LogP contribution is -2.32. The minimum absolute atomic E-state index is 0.0433. The smallest absolute Gasteiger partial charge is 0.224 e. The van der Waals surface area contributed by atoms with Crippen LogP contribution in [-0.4, -0.2) is 25.5 Å². The van der Waals surface area contributed by atoms with E-state index in [2.05, 4.69) is 10.6 Å². The molecule has 1 heterocycles. The highest BCUT2D eigenvalue weighted by Gasteiger charge is 2.13. The molecule has 2 N–H and O–H groups in total. The molecule has 0 radical (unpaired) electrons. The number of hydrogen-bond donors (Lipinski definition) is 2. The Morgan fingerprint density at radius 2 is 2.05 bits per heavy atom. The van der Waals surface area contributed by atoms with Gasteiger partial charge in [0, 0.05) is 12.6 Å². The van der Waals surface area contributed by atoms with Crippen molar-refractivity contribution in [2.24, 2.45) is 5.92 Å². The molecule has 1 amide bonds. The SMILES string of the molecule is O=C(Cc1ccc(F)cc1F)NCCC1CCNCC1. The molecule has 2 rings (SSSR count). The van der Waals surface area contributed by atoms with Gasteiger partial charge in [-0.25, -0.2) is 8.78 Å². The number of hydrogen-bond acceptors (Lipinski definition) is 2. The van der Waals surface area contributed by atoms with Gasteiger partial charge in [-0.05, 0) is 49.9 Å². The molecular weight excluding hydrogens is 262 g/mol. The summed E-state index contributed by atoms with van der Waals surface area (Å²) in [6.07, 6.45) is 3.20. The molecule has 0 aliphatic carbocycles. The first-order chi connectivity index (χ1) is 9.65. The third kappa shape index (κ3) is 4.56. The quantitative estimate of drug-likeness (QED) is 0.867. The van der Waals surface area contributed by atoms with Gasteiger partial charge in [-0.2, -0.15) is 0 Å². The number of rotatable bonds is 5. The van der Waals surface area contributed by atoms with Crippen molar-refractivity contribution in [3.63, 3.8) is 0 Å². The predicted octanol–water partition coefficient (Wildman–Crippen LogP) is 2.01. The van der Waals surface area contributed by atoms with Crippen molar-refractivity contribution < 1.29 is 13.6 Å². The number of halogens is 2. The van der Waals surface area contributed by atoms with E-state index in [1.807, 2.05) is 0 Å². The van der Waals surface area contributed by atoms with Gasteiger partial charge in [0.1, 0.15) is 11.6 Å². The Bertz CT molecular complexity index is 459. The second kappa shape index (κ2) is 7.33. The number of piperidine rings is 1. The summed E-state index contributed by atoms with van der Waals surface area (Å²) >= 11 is 0. The summed E-state index contributed by atoms with van der Waals surface area (Å²) in [5.74, 6) is -0.861. The Hall–Kier alpha value is -1.49. The molecule has 1 aromatic rings. The molecular formula is C15H20F2N2O. The highest BCUT2D eigenvalue weighted by atomic mass is 19.1. The molecule has 20 heavy (non-hydrogen) atoms. The summed E-state index contributed by atoms with van der Waals surface area (Å²) in [4.78, 5) is 11.7. The van der Waals surface area contributed by atoms with E-state index in [9.17, 15) is 13.6 Å². The second-order valence-electron chi connectivity index (χ2n) is 5.24. The first kappa shape index (κ1) is 14.9. The largest absolute Gasteiger partial charge is 0.356 e. The van der Waals surface area contributed by atoms with E-state index in [-0.39, 0.29) is 17.9 Å². The van der Waals surface area contributed by atoms with E-state index in [0.717, 1.165) is 38.4 Å². The second-order valence-corrected chi connectivity index (χ2v) is 5.24. The Labute approximate surface area is 117 Å². The Morgan fingerprint density at radius 1 is 1.30 bits per heavy atom. The van der Waals surface area contributed by atoms with Crippen LogP contribution in [0.25, 0.3) is 0 Å². The van der Waals surface area contributed by atoms with Crippen molar-refractivity contribution in [3.05, 3.63) is 35.4 Å². The van der Waals surface area contributed by atoms with Gasteiger partial charge in [0.15, 0.2) is 0 Å². The van der Waals surface area contributed by atoms with E-state index in [1.54, 1.807) is 0 Å². The normalized spacial score (nSPS) is 16.1. The van der Waals surface area contributed by atoms with Gasteiger partial charge in [0.2, 0.25) is 5.91 Å². The number of amides is 1. The van der Waals surface area contributed by atoms with E-state index >= 15 is 0 Å². The first-order valence-electron chi connectivity index (χ1n) is 7.06. The van der Waals surface area contributed by atoms with E-state index in [4.69, 9.17) is 0 Å². The van der Waals surface area contributed by atoms with Crippen molar-refractivity contribution in [2.75, 3.05) is 19.6 Å². The van der Waals surface area contributed by atoms with Gasteiger partial charge in [0.25, 0.3) is 0 Å². The van der Waals surface area contributed by atoms with Gasteiger partial charge < -0.3 is 10.6 Å². The van der Waals surface area contributed by atoms with Gasteiger partial charge in [0.05, 0.1) is 6.42 Å². The number of benzene rings is 1. The number of nitrogens with one attached hydrogen (secondary N) is 2. The molecule has 0 unspecified atom stereocenters. The van der Waals surface area contributed by atoms with Crippen LogP contribution in [0.5, 0.6) is 0 Å². The predicted molar refractivity (Wildman–Crippen MR) is 73.3 cm³/mol. The fraction of sp³-hybridized carbons (Fsp3) is 0.533. The zero-order chi connectivity index (χ0) is 14.4. The van der Waals surface area contributed by atoms with E-state index < -0.39 is 11.6 Å². The average molecular weight is 282 g/mol. The molecule has 0 spiro atoms. The van der Waals surface area contributed by atoms with Crippen molar-refractivity contribution in [3.8, 4) is 0 Å². The van der Waals surface area contributed by atoms with Gasteiger partial charge in [-0.3, -0.25) is 4.79 Å². The highest BCUT2D eigenvalue weighted by Crippen LogP contribution is 2.15. The zero-order valence-electron chi connectivity index (χ0n) is 11.4. The monoisotopic (exact) mass is 282 g/mol. The number of carbonyl (C=O) groups is 1. The van der Waals surface area contributed by atoms with Crippen molar-refractivity contribution in [1.82, 2.24) is 10.6 Å². The minimum atomic E-state index is -0.668. The molecule has 1 fully saturated rings. The standard InChI is InChI=1S/C15H20F2N2O/c16-13-2-1-12(14(17)10-13)9-15(20)19-8-5-11-3-6-18-7-4-11/h1-2,10-11,18H,3-9H2,(H,19,20). The molecule has 0 bridgehead atoms. The maximum atomic E-state index is 13.4. The molecule has 0 saturated carbocycles. The Kier molecular flexibility index (Phi) is 5.47. The van der Waals surface area contributed by atoms with Gasteiger partial charge >= 0.3 is 0 Å². The molecule has 0 atom stereocenters. The maximum Gasteiger partial charge on any atom is 0.224 e. The van der Waals surface area contributed by atoms with E-state index in [0.29, 0.717) is 12.5 Å². The van der Waals surface area contributed by atoms with Crippen LogP contribution in [-0.2, 0) is 11.2 Å². The fourth-order valence-corrected chi connectivity index (χ4v) is 2.49. The molecule has 1 aliphatic heterocycles. The minimum Gasteiger partial charge on any atom is -0.356 e. The fourth-order valence-electron chi connectivity index (χ4n) is 2.49. The van der Waals surface area contributed by atoms with Crippen LogP contribution in [0.15, 0.2) is 18.2 Å². The molecule has 1 aliphatic rings. The zero-order valence-corrected chi connectivity index (χ0v) is 11.4. The Balaban J connectivity index is 1.72. The van der Waals surface area contributed by atoms with Crippen LogP contribution in [0.3, 0.4) is 0 Å². The summed E-state index contributed by atoms with van der Waals surface area (Å²) < 4.78 is 26.1. The lowest BCUT2D eigenvalue weighted by atomic mass is 9.95. The summed E-state index contributed by atoms with van der Waals surface area (Å²) in [5, 5.41) is 6.10. The van der Waals surface area contributed by atoms with Crippen molar-refractivity contribution in [2.45, 2.75) is 25.7 Å². The van der Waals surface area contributed by atoms with Crippen LogP contribution in [0.4, 0.5) is 8.78 Å². The lowest BCUT2D eigenvalue weighted by molar-refractivity contribution is -0.120. The van der Waals surface area contributed by atoms with Crippen molar-refractivity contribution >= 4 is 5.91 Å². The van der Waals surface area contributed by atoms with Crippen LogP contribution >= 0.6 is 0 Å².